The zero-order chi connectivity index (χ0) is 13.6. The van der Waals surface area contributed by atoms with Crippen LogP contribution in [-0.2, 0) is 0 Å². The lowest BCUT2D eigenvalue weighted by Crippen LogP contribution is -2.61. The average molecular weight is 251 g/mol. The third-order valence-electron chi connectivity index (χ3n) is 4.31. The summed E-state index contributed by atoms with van der Waals surface area (Å²) in [7, 11) is -0.878. The van der Waals surface area contributed by atoms with E-state index in [1.54, 1.807) is 11.1 Å². The van der Waals surface area contributed by atoms with E-state index >= 15 is 0 Å². The lowest BCUT2D eigenvalue weighted by Gasteiger charge is -2.44. The average Bonchev–Trinajstić information content (AvgIpc) is 2.32. The quantitative estimate of drug-likeness (QED) is 0.736. The van der Waals surface area contributed by atoms with Gasteiger partial charge in [0.1, 0.15) is 0 Å². The molecule has 0 aromatic heterocycles. The van der Waals surface area contributed by atoms with Crippen molar-refractivity contribution in [1.29, 1.82) is 0 Å². The van der Waals surface area contributed by atoms with Gasteiger partial charge in [-0.05, 0) is 70.8 Å². The molecule has 1 rings (SSSR count). The van der Waals surface area contributed by atoms with Crippen LogP contribution in [0.4, 0.5) is 0 Å². The number of hydrogen-bond acceptors (Lipinski definition) is 1. The maximum absolute atomic E-state index is 3.94. The minimum Gasteiger partial charge on any atom is -0.302 e. The molecule has 0 bridgehead atoms. The van der Waals surface area contributed by atoms with E-state index in [1.807, 2.05) is 0 Å². The van der Waals surface area contributed by atoms with Gasteiger partial charge in [-0.3, -0.25) is 0 Å². The van der Waals surface area contributed by atoms with Crippen LogP contribution in [0.3, 0.4) is 0 Å². The van der Waals surface area contributed by atoms with E-state index in [0.29, 0.717) is 0 Å². The summed E-state index contributed by atoms with van der Waals surface area (Å²) in [5.41, 5.74) is 6.28. The number of nitrogens with one attached hydrogen (secondary N) is 1. The molecule has 0 spiro atoms. The molecule has 1 aliphatic carbocycles. The van der Waals surface area contributed by atoms with Crippen LogP contribution in [0.5, 0.6) is 0 Å². The van der Waals surface area contributed by atoms with Crippen molar-refractivity contribution in [3.05, 3.63) is 22.3 Å². The molecular formula is C15H29NSi. The lowest BCUT2D eigenvalue weighted by molar-refractivity contribution is 0.376. The Morgan fingerprint density at radius 1 is 0.882 bits per heavy atom. The number of hydrogen-bond donors (Lipinski definition) is 1. The summed E-state index contributed by atoms with van der Waals surface area (Å²) < 4.78 is 0. The fraction of sp³-hybridized carbons (Fsp3) is 0.733. The van der Waals surface area contributed by atoms with Crippen molar-refractivity contribution in [2.75, 3.05) is 0 Å². The summed E-state index contributed by atoms with van der Waals surface area (Å²) in [6, 6.07) is 0. The first-order valence-electron chi connectivity index (χ1n) is 6.69. The molecule has 2 heteroatoms. The Bertz CT molecular complexity index is 356. The summed E-state index contributed by atoms with van der Waals surface area (Å²) in [5.74, 6) is 0. The summed E-state index contributed by atoms with van der Waals surface area (Å²) in [6.45, 7) is 20.9. The summed E-state index contributed by atoms with van der Waals surface area (Å²) in [6.07, 6.45) is 0. The molecule has 1 aliphatic rings. The van der Waals surface area contributed by atoms with Gasteiger partial charge in [0.2, 0.25) is 0 Å². The zero-order valence-electron chi connectivity index (χ0n) is 13.1. The normalized spacial score (nSPS) is 20.8. The van der Waals surface area contributed by atoms with Crippen molar-refractivity contribution in [2.24, 2.45) is 0 Å². The van der Waals surface area contributed by atoms with Crippen LogP contribution in [-0.4, -0.2) is 19.5 Å². The van der Waals surface area contributed by atoms with Crippen LogP contribution in [0, 0.1) is 0 Å². The van der Waals surface area contributed by atoms with Gasteiger partial charge < -0.3 is 5.32 Å². The molecule has 0 atom stereocenters. The first-order chi connectivity index (χ1) is 7.54. The Hall–Kier alpha value is -0.343. The van der Waals surface area contributed by atoms with Crippen molar-refractivity contribution in [3.8, 4) is 0 Å². The Morgan fingerprint density at radius 3 is 1.47 bits per heavy atom. The Balaban J connectivity index is 3.38. The Labute approximate surface area is 109 Å². The zero-order valence-corrected chi connectivity index (χ0v) is 14.2. The van der Waals surface area contributed by atoms with Crippen LogP contribution in [0.25, 0.3) is 0 Å². The second-order valence-electron chi connectivity index (χ2n) is 6.84. The molecule has 0 saturated carbocycles. The van der Waals surface area contributed by atoms with Gasteiger partial charge in [-0.15, -0.1) is 0 Å². The highest BCUT2D eigenvalue weighted by atomic mass is 28.3. The van der Waals surface area contributed by atoms with E-state index in [0.717, 1.165) is 0 Å². The minimum atomic E-state index is -0.878. The van der Waals surface area contributed by atoms with Gasteiger partial charge in [0, 0.05) is 10.7 Å². The van der Waals surface area contributed by atoms with Gasteiger partial charge in [-0.2, -0.15) is 0 Å². The molecule has 0 aliphatic heterocycles. The summed E-state index contributed by atoms with van der Waals surface area (Å²) in [5, 5.41) is 4.12. The second kappa shape index (κ2) is 4.40. The molecule has 0 unspecified atom stereocenters. The van der Waals surface area contributed by atoms with E-state index < -0.39 is 8.80 Å². The highest BCUT2D eigenvalue weighted by Crippen LogP contribution is 2.42. The maximum atomic E-state index is 3.94. The van der Waals surface area contributed by atoms with Gasteiger partial charge >= 0.3 is 0 Å². The Kier molecular flexibility index (Phi) is 3.81. The summed E-state index contributed by atoms with van der Waals surface area (Å²) >= 11 is 0. The maximum Gasteiger partial charge on any atom is 0.0651 e. The van der Waals surface area contributed by atoms with Crippen molar-refractivity contribution in [3.63, 3.8) is 0 Å². The second-order valence-corrected chi connectivity index (χ2v) is 10.0. The lowest BCUT2D eigenvalue weighted by atomic mass is 9.99. The van der Waals surface area contributed by atoms with E-state index in [1.165, 1.54) is 11.1 Å². The minimum absolute atomic E-state index is 0.157. The Morgan fingerprint density at radius 2 is 1.24 bits per heavy atom. The van der Waals surface area contributed by atoms with Crippen molar-refractivity contribution in [2.45, 2.75) is 72.3 Å². The first kappa shape index (κ1) is 14.7. The van der Waals surface area contributed by atoms with Crippen LogP contribution < -0.4 is 5.32 Å². The number of allylic oxidation sites excluding steroid dienone is 2. The van der Waals surface area contributed by atoms with Gasteiger partial charge in [0.05, 0.1) is 8.80 Å². The molecule has 1 nitrogen and oxygen atoms in total. The van der Waals surface area contributed by atoms with Crippen LogP contribution in [0.1, 0.15) is 48.5 Å². The number of rotatable bonds is 2. The van der Waals surface area contributed by atoms with E-state index in [-0.39, 0.29) is 10.7 Å². The SMILES string of the molecule is CC1=C(C)C(NC(C)(C)C)([SiH](C)C)C(C)=C1C. The molecule has 0 aromatic rings. The smallest absolute Gasteiger partial charge is 0.0651 e. The molecular weight excluding hydrogens is 222 g/mol. The molecule has 0 radical (unpaired) electrons. The fourth-order valence-electron chi connectivity index (χ4n) is 3.22. The fourth-order valence-corrected chi connectivity index (χ4v) is 6.11. The van der Waals surface area contributed by atoms with E-state index in [9.17, 15) is 0 Å². The molecule has 0 amide bonds. The van der Waals surface area contributed by atoms with Crippen molar-refractivity contribution < 1.29 is 0 Å². The molecule has 98 valence electrons. The summed E-state index contributed by atoms with van der Waals surface area (Å²) in [4.78, 5) is 0. The van der Waals surface area contributed by atoms with Crippen LogP contribution in [0.15, 0.2) is 22.3 Å². The third kappa shape index (κ3) is 2.30. The topological polar surface area (TPSA) is 12.0 Å². The van der Waals surface area contributed by atoms with Crippen molar-refractivity contribution >= 4 is 8.80 Å². The highest BCUT2D eigenvalue weighted by molar-refractivity contribution is 6.62. The van der Waals surface area contributed by atoms with Crippen LogP contribution >= 0.6 is 0 Å². The molecule has 0 fully saturated rings. The van der Waals surface area contributed by atoms with Gasteiger partial charge in [0.25, 0.3) is 0 Å². The van der Waals surface area contributed by atoms with E-state index in [4.69, 9.17) is 0 Å². The molecule has 0 aromatic carbocycles. The van der Waals surface area contributed by atoms with Gasteiger partial charge in [0.15, 0.2) is 0 Å². The van der Waals surface area contributed by atoms with Gasteiger partial charge in [-0.1, -0.05) is 13.1 Å². The predicted molar refractivity (Wildman–Crippen MR) is 81.2 cm³/mol. The standard InChI is InChI=1S/C15H29NSi/c1-10-11(2)13(4)15(12(10)3,17(8)9)16-14(5,6)7/h16-17H,1-9H3. The third-order valence-corrected chi connectivity index (χ3v) is 7.05. The highest BCUT2D eigenvalue weighted by Gasteiger charge is 2.45. The molecule has 1 N–H and O–H groups in total. The first-order valence-corrected chi connectivity index (χ1v) is 9.58. The molecule has 0 heterocycles. The van der Waals surface area contributed by atoms with Crippen molar-refractivity contribution in [1.82, 2.24) is 5.32 Å². The van der Waals surface area contributed by atoms with E-state index in [2.05, 4.69) is 66.9 Å². The largest absolute Gasteiger partial charge is 0.302 e. The monoisotopic (exact) mass is 251 g/mol. The predicted octanol–water partition coefficient (Wildman–Crippen LogP) is 3.83. The molecule has 17 heavy (non-hydrogen) atoms. The molecule has 0 saturated heterocycles. The van der Waals surface area contributed by atoms with Crippen LogP contribution in [0.2, 0.25) is 13.1 Å². The van der Waals surface area contributed by atoms with Gasteiger partial charge in [-0.25, -0.2) is 0 Å².